The Kier molecular flexibility index (Phi) is 5.99. The SMILES string of the molecule is CCC(C)Oc1ccc(F)c(-c2ccc(OCC3CC3C(=O)OC)cc2)c1. The number of esters is 1. The second-order valence-corrected chi connectivity index (χ2v) is 6.94. The first-order chi connectivity index (χ1) is 13.0. The highest BCUT2D eigenvalue weighted by Crippen LogP contribution is 2.39. The molecule has 1 fully saturated rings. The van der Waals surface area contributed by atoms with E-state index in [4.69, 9.17) is 14.2 Å². The second-order valence-electron chi connectivity index (χ2n) is 6.94. The third-order valence-corrected chi connectivity index (χ3v) is 4.91. The molecule has 0 amide bonds. The highest BCUT2D eigenvalue weighted by Gasteiger charge is 2.44. The molecule has 1 aliphatic carbocycles. The fourth-order valence-corrected chi connectivity index (χ4v) is 2.92. The van der Waals surface area contributed by atoms with E-state index in [1.165, 1.54) is 13.2 Å². The molecule has 0 radical (unpaired) electrons. The van der Waals surface area contributed by atoms with Gasteiger partial charge in [-0.15, -0.1) is 0 Å². The molecule has 0 heterocycles. The van der Waals surface area contributed by atoms with Crippen molar-refractivity contribution in [2.45, 2.75) is 32.8 Å². The van der Waals surface area contributed by atoms with E-state index in [2.05, 4.69) is 0 Å². The molecule has 5 heteroatoms. The van der Waals surface area contributed by atoms with Crippen LogP contribution in [0.25, 0.3) is 11.1 Å². The summed E-state index contributed by atoms with van der Waals surface area (Å²) < 4.78 is 30.5. The number of methoxy groups -OCH3 is 1. The van der Waals surface area contributed by atoms with Crippen molar-refractivity contribution in [3.63, 3.8) is 0 Å². The molecule has 0 aromatic heterocycles. The van der Waals surface area contributed by atoms with Gasteiger partial charge in [0.2, 0.25) is 0 Å². The Morgan fingerprint density at radius 1 is 1.19 bits per heavy atom. The summed E-state index contributed by atoms with van der Waals surface area (Å²) in [6.45, 7) is 4.51. The minimum atomic E-state index is -0.293. The Morgan fingerprint density at radius 2 is 1.89 bits per heavy atom. The molecule has 2 aromatic rings. The summed E-state index contributed by atoms with van der Waals surface area (Å²) in [5, 5.41) is 0. The van der Waals surface area contributed by atoms with Crippen molar-refractivity contribution in [3.8, 4) is 22.6 Å². The lowest BCUT2D eigenvalue weighted by Crippen LogP contribution is -2.09. The topological polar surface area (TPSA) is 44.8 Å². The summed E-state index contributed by atoms with van der Waals surface area (Å²) in [4.78, 5) is 11.4. The predicted octanol–water partition coefficient (Wildman–Crippen LogP) is 4.86. The summed E-state index contributed by atoms with van der Waals surface area (Å²) in [7, 11) is 1.40. The minimum Gasteiger partial charge on any atom is -0.493 e. The van der Waals surface area contributed by atoms with Gasteiger partial charge < -0.3 is 14.2 Å². The van der Waals surface area contributed by atoms with Gasteiger partial charge >= 0.3 is 5.97 Å². The van der Waals surface area contributed by atoms with Gasteiger partial charge in [-0.1, -0.05) is 19.1 Å². The van der Waals surface area contributed by atoms with Crippen LogP contribution < -0.4 is 9.47 Å². The molecule has 1 saturated carbocycles. The summed E-state index contributed by atoms with van der Waals surface area (Å²) in [5.41, 5.74) is 1.25. The zero-order valence-electron chi connectivity index (χ0n) is 15.9. The number of hydrogen-bond acceptors (Lipinski definition) is 4. The van der Waals surface area contributed by atoms with E-state index in [-0.39, 0.29) is 29.7 Å². The monoisotopic (exact) mass is 372 g/mol. The number of hydrogen-bond donors (Lipinski definition) is 0. The van der Waals surface area contributed by atoms with Gasteiger partial charge in [0, 0.05) is 11.5 Å². The molecule has 0 spiro atoms. The maximum Gasteiger partial charge on any atom is 0.309 e. The standard InChI is InChI=1S/C22H25FO4/c1-4-14(2)27-18-9-10-21(23)19(12-18)15-5-7-17(8-6-15)26-13-16-11-20(16)22(24)25-3/h5-10,12,14,16,20H,4,11,13H2,1-3H3. The van der Waals surface area contributed by atoms with E-state index in [0.717, 1.165) is 18.4 Å². The van der Waals surface area contributed by atoms with Crippen LogP contribution in [-0.4, -0.2) is 25.8 Å². The van der Waals surface area contributed by atoms with Gasteiger partial charge in [-0.25, -0.2) is 4.39 Å². The Labute approximate surface area is 159 Å². The van der Waals surface area contributed by atoms with E-state index in [0.29, 0.717) is 23.7 Å². The Balaban J connectivity index is 1.63. The molecule has 0 N–H and O–H groups in total. The fourth-order valence-electron chi connectivity index (χ4n) is 2.92. The van der Waals surface area contributed by atoms with E-state index in [1.54, 1.807) is 12.1 Å². The van der Waals surface area contributed by atoms with Crippen LogP contribution in [0.4, 0.5) is 4.39 Å². The van der Waals surface area contributed by atoms with E-state index < -0.39 is 0 Å². The Hall–Kier alpha value is -2.56. The maximum absolute atomic E-state index is 14.3. The summed E-state index contributed by atoms with van der Waals surface area (Å²) >= 11 is 0. The molecule has 27 heavy (non-hydrogen) atoms. The zero-order valence-corrected chi connectivity index (χ0v) is 15.9. The highest BCUT2D eigenvalue weighted by molar-refractivity contribution is 5.75. The summed E-state index contributed by atoms with van der Waals surface area (Å²) in [6, 6.07) is 12.1. The van der Waals surface area contributed by atoms with Gasteiger partial charge in [0.05, 0.1) is 25.7 Å². The number of carbonyl (C=O) groups is 1. The average molecular weight is 372 g/mol. The first kappa shape index (κ1) is 19.2. The van der Waals surface area contributed by atoms with Gasteiger partial charge in [-0.3, -0.25) is 4.79 Å². The lowest BCUT2D eigenvalue weighted by Gasteiger charge is -2.14. The van der Waals surface area contributed by atoms with Crippen LogP contribution in [0.1, 0.15) is 26.7 Å². The van der Waals surface area contributed by atoms with Crippen molar-refractivity contribution in [2.24, 2.45) is 11.8 Å². The van der Waals surface area contributed by atoms with E-state index in [9.17, 15) is 9.18 Å². The third-order valence-electron chi connectivity index (χ3n) is 4.91. The van der Waals surface area contributed by atoms with Crippen molar-refractivity contribution in [1.82, 2.24) is 0 Å². The van der Waals surface area contributed by atoms with Crippen molar-refractivity contribution in [2.75, 3.05) is 13.7 Å². The molecule has 3 atom stereocenters. The van der Waals surface area contributed by atoms with E-state index in [1.807, 2.05) is 38.1 Å². The Morgan fingerprint density at radius 3 is 2.56 bits per heavy atom. The molecule has 0 aliphatic heterocycles. The first-order valence-electron chi connectivity index (χ1n) is 9.29. The van der Waals surface area contributed by atoms with Gasteiger partial charge in [0.25, 0.3) is 0 Å². The van der Waals surface area contributed by atoms with Gasteiger partial charge in [-0.2, -0.15) is 0 Å². The van der Waals surface area contributed by atoms with Crippen LogP contribution in [0.2, 0.25) is 0 Å². The summed E-state index contributed by atoms with van der Waals surface area (Å²) in [6.07, 6.45) is 1.77. The Bertz CT molecular complexity index is 787. The van der Waals surface area contributed by atoms with Crippen LogP contribution in [0.3, 0.4) is 0 Å². The predicted molar refractivity (Wildman–Crippen MR) is 101 cm³/mol. The second kappa shape index (κ2) is 8.42. The van der Waals surface area contributed by atoms with Crippen molar-refractivity contribution >= 4 is 5.97 Å². The molecule has 0 bridgehead atoms. The van der Waals surface area contributed by atoms with Crippen molar-refractivity contribution in [3.05, 3.63) is 48.3 Å². The lowest BCUT2D eigenvalue weighted by molar-refractivity contribution is -0.142. The third kappa shape index (κ3) is 4.79. The number of rotatable bonds is 8. The molecule has 1 aliphatic rings. The number of ether oxygens (including phenoxy) is 3. The average Bonchev–Trinajstić information content (AvgIpc) is 3.47. The number of benzene rings is 2. The molecule has 3 rings (SSSR count). The zero-order chi connectivity index (χ0) is 19.4. The quantitative estimate of drug-likeness (QED) is 0.621. The molecular formula is C22H25FO4. The maximum atomic E-state index is 14.3. The van der Waals surface area contributed by atoms with Gasteiger partial charge in [0.1, 0.15) is 17.3 Å². The number of halogens is 1. The molecule has 0 saturated heterocycles. The van der Waals surface area contributed by atoms with Crippen LogP contribution in [0.15, 0.2) is 42.5 Å². The highest BCUT2D eigenvalue weighted by atomic mass is 19.1. The molecule has 144 valence electrons. The van der Waals surface area contributed by atoms with E-state index >= 15 is 0 Å². The molecule has 2 aromatic carbocycles. The van der Waals surface area contributed by atoms with Crippen LogP contribution in [0, 0.1) is 17.7 Å². The first-order valence-corrected chi connectivity index (χ1v) is 9.29. The molecule has 4 nitrogen and oxygen atoms in total. The van der Waals surface area contributed by atoms with Crippen molar-refractivity contribution in [1.29, 1.82) is 0 Å². The van der Waals surface area contributed by atoms with Gasteiger partial charge in [0.15, 0.2) is 0 Å². The number of carbonyl (C=O) groups excluding carboxylic acids is 1. The lowest BCUT2D eigenvalue weighted by atomic mass is 10.0. The largest absolute Gasteiger partial charge is 0.493 e. The van der Waals surface area contributed by atoms with Crippen LogP contribution >= 0.6 is 0 Å². The smallest absolute Gasteiger partial charge is 0.309 e. The fraction of sp³-hybridized carbons (Fsp3) is 0.409. The van der Waals surface area contributed by atoms with Crippen molar-refractivity contribution < 1.29 is 23.4 Å². The molecule has 3 unspecified atom stereocenters. The molecular weight excluding hydrogens is 347 g/mol. The van der Waals surface area contributed by atoms with Gasteiger partial charge in [-0.05, 0) is 55.7 Å². The van der Waals surface area contributed by atoms with Crippen LogP contribution in [-0.2, 0) is 9.53 Å². The summed E-state index contributed by atoms with van der Waals surface area (Å²) in [5.74, 6) is 1.05. The normalized spacial score (nSPS) is 19.3. The van der Waals surface area contributed by atoms with Crippen LogP contribution in [0.5, 0.6) is 11.5 Å². The minimum absolute atomic E-state index is 0.0448.